The van der Waals surface area contributed by atoms with E-state index >= 15 is 0 Å². The fourth-order valence-corrected chi connectivity index (χ4v) is 0.562. The van der Waals surface area contributed by atoms with Crippen molar-refractivity contribution in [3.63, 3.8) is 0 Å². The van der Waals surface area contributed by atoms with Crippen LogP contribution in [-0.2, 0) is 14.4 Å². The molecule has 0 unspecified atom stereocenters. The summed E-state index contributed by atoms with van der Waals surface area (Å²) in [5.41, 5.74) is 4.92. The first kappa shape index (κ1) is 16.0. The predicted molar refractivity (Wildman–Crippen MR) is 53.5 cm³/mol. The van der Waals surface area contributed by atoms with Gasteiger partial charge in [-0.2, -0.15) is 0 Å². The average molecular weight is 219 g/mol. The molecule has 0 bridgehead atoms. The van der Waals surface area contributed by atoms with Gasteiger partial charge in [-0.25, -0.2) is 0 Å². The van der Waals surface area contributed by atoms with Crippen LogP contribution in [0.4, 0.5) is 0 Å². The Morgan fingerprint density at radius 2 is 1.47 bits per heavy atom. The van der Waals surface area contributed by atoms with Crippen LogP contribution in [0.25, 0.3) is 0 Å². The van der Waals surface area contributed by atoms with Crippen LogP contribution < -0.4 is 5.73 Å². The maximum Gasteiger partial charge on any atom is 0.303 e. The minimum atomic E-state index is -0.961. The topological polar surface area (TPSA) is 118 Å². The molecule has 0 atom stereocenters. The van der Waals surface area contributed by atoms with Gasteiger partial charge in [-0.15, -0.1) is 0 Å². The van der Waals surface area contributed by atoms with Gasteiger partial charge in [0.1, 0.15) is 5.78 Å². The first-order chi connectivity index (χ1) is 6.93. The van der Waals surface area contributed by atoms with Gasteiger partial charge < -0.3 is 15.9 Å². The minimum Gasteiger partial charge on any atom is -0.481 e. The molecule has 0 aliphatic carbocycles. The van der Waals surface area contributed by atoms with Crippen LogP contribution in [-0.4, -0.2) is 34.5 Å². The molecule has 6 heteroatoms. The fourth-order valence-electron chi connectivity index (χ4n) is 0.562. The largest absolute Gasteiger partial charge is 0.481 e. The fraction of sp³-hybridized carbons (Fsp3) is 0.667. The Balaban J connectivity index is 0. The highest BCUT2D eigenvalue weighted by Gasteiger charge is 2.01. The molecule has 0 spiro atoms. The first-order valence-electron chi connectivity index (χ1n) is 4.59. The second-order valence-electron chi connectivity index (χ2n) is 2.78. The van der Waals surface area contributed by atoms with Gasteiger partial charge in [0.25, 0.3) is 0 Å². The number of rotatable bonds is 6. The third-order valence-electron chi connectivity index (χ3n) is 1.31. The van der Waals surface area contributed by atoms with E-state index in [0.717, 1.165) is 6.42 Å². The van der Waals surface area contributed by atoms with Crippen molar-refractivity contribution >= 4 is 17.7 Å². The molecule has 0 aliphatic rings. The predicted octanol–water partition coefficient (Wildman–Crippen LogP) is 0.250. The number of carbonyl (C=O) groups excluding carboxylic acids is 1. The number of carbonyl (C=O) groups is 3. The van der Waals surface area contributed by atoms with E-state index in [2.05, 4.69) is 0 Å². The lowest BCUT2D eigenvalue weighted by molar-refractivity contribution is -0.138. The molecule has 0 radical (unpaired) electrons. The van der Waals surface area contributed by atoms with Gasteiger partial charge in [-0.05, 0) is 6.42 Å². The van der Waals surface area contributed by atoms with Crippen LogP contribution in [0.15, 0.2) is 0 Å². The molecular formula is C9H17NO5. The second-order valence-corrected chi connectivity index (χ2v) is 2.78. The second kappa shape index (κ2) is 10.6. The molecule has 0 aromatic carbocycles. The van der Waals surface area contributed by atoms with Gasteiger partial charge in [-0.3, -0.25) is 14.4 Å². The first-order valence-corrected chi connectivity index (χ1v) is 4.59. The van der Waals surface area contributed by atoms with Crippen LogP contribution >= 0.6 is 0 Å². The number of carboxylic acid groups (broad SMARTS) is 2. The molecule has 0 heterocycles. The normalized spacial score (nSPS) is 8.67. The Bertz CT molecular complexity index is 215. The molecule has 0 aliphatic heterocycles. The Morgan fingerprint density at radius 3 is 1.67 bits per heavy atom. The molecule has 0 rings (SSSR count). The van der Waals surface area contributed by atoms with Gasteiger partial charge >= 0.3 is 11.9 Å². The summed E-state index contributed by atoms with van der Waals surface area (Å²) in [5, 5.41) is 16.0. The zero-order chi connectivity index (χ0) is 12.3. The summed E-state index contributed by atoms with van der Waals surface area (Å²) in [4.78, 5) is 29.8. The molecule has 88 valence electrons. The number of hydrogen-bond donors (Lipinski definition) is 3. The molecule has 0 saturated heterocycles. The van der Waals surface area contributed by atoms with E-state index in [1.165, 1.54) is 0 Å². The zero-order valence-corrected chi connectivity index (χ0v) is 8.73. The maximum atomic E-state index is 10.3. The van der Waals surface area contributed by atoms with Crippen LogP contribution in [0.2, 0.25) is 0 Å². The Hall–Kier alpha value is -1.43. The lowest BCUT2D eigenvalue weighted by Crippen LogP contribution is -2.14. The number of carboxylic acids is 2. The van der Waals surface area contributed by atoms with E-state index in [9.17, 15) is 14.4 Å². The smallest absolute Gasteiger partial charge is 0.303 e. The number of Topliss-reactive ketones (excluding diaryl/α,β-unsaturated/α-hetero) is 1. The number of nitrogens with two attached hydrogens (primary N) is 1. The van der Waals surface area contributed by atoms with E-state index < -0.39 is 11.9 Å². The van der Waals surface area contributed by atoms with Crippen molar-refractivity contribution in [2.75, 3.05) is 6.54 Å². The summed E-state index contributed by atoms with van der Waals surface area (Å²) in [6, 6.07) is 0. The Morgan fingerprint density at radius 1 is 1.00 bits per heavy atom. The van der Waals surface area contributed by atoms with Gasteiger partial charge in [0.15, 0.2) is 0 Å². The summed E-state index contributed by atoms with van der Waals surface area (Å²) >= 11 is 0. The lowest BCUT2D eigenvalue weighted by Gasteiger charge is -1.90. The summed E-state index contributed by atoms with van der Waals surface area (Å²) in [5.74, 6) is -1.88. The molecule has 4 N–H and O–H groups in total. The standard InChI is InChI=1S/C5H9NO3.C4H8O2/c6-3-4(7)1-2-5(8)9;1-2-3-4(5)6/h1-3,6H2,(H,8,9);2-3H2,1H3,(H,5,6). The summed E-state index contributed by atoms with van der Waals surface area (Å²) in [6.07, 6.45) is 0.956. The SMILES string of the molecule is CCCC(=O)O.NCC(=O)CCC(=O)O. The minimum absolute atomic E-state index is 0.0475. The summed E-state index contributed by atoms with van der Waals surface area (Å²) in [7, 11) is 0. The van der Waals surface area contributed by atoms with Crippen LogP contribution in [0.5, 0.6) is 0 Å². The van der Waals surface area contributed by atoms with E-state index in [4.69, 9.17) is 15.9 Å². The van der Waals surface area contributed by atoms with Gasteiger partial charge in [0.05, 0.1) is 13.0 Å². The van der Waals surface area contributed by atoms with Crippen molar-refractivity contribution in [1.29, 1.82) is 0 Å². The molecular weight excluding hydrogens is 202 g/mol. The van der Waals surface area contributed by atoms with Gasteiger partial charge in [0, 0.05) is 12.8 Å². The molecule has 0 aromatic rings. The highest BCUT2D eigenvalue weighted by atomic mass is 16.4. The van der Waals surface area contributed by atoms with Gasteiger partial charge in [0.2, 0.25) is 0 Å². The highest BCUT2D eigenvalue weighted by Crippen LogP contribution is 1.87. The van der Waals surface area contributed by atoms with Crippen LogP contribution in [0.1, 0.15) is 32.6 Å². The summed E-state index contributed by atoms with van der Waals surface area (Å²) < 4.78 is 0. The number of ketones is 1. The van der Waals surface area contributed by atoms with E-state index in [0.29, 0.717) is 6.42 Å². The number of aliphatic carboxylic acids is 2. The van der Waals surface area contributed by atoms with Crippen molar-refractivity contribution in [1.82, 2.24) is 0 Å². The molecule has 15 heavy (non-hydrogen) atoms. The maximum absolute atomic E-state index is 10.3. The van der Waals surface area contributed by atoms with Crippen molar-refractivity contribution < 1.29 is 24.6 Å². The molecule has 0 aromatic heterocycles. The van der Waals surface area contributed by atoms with E-state index in [1.807, 2.05) is 6.92 Å². The molecule has 6 nitrogen and oxygen atoms in total. The Labute approximate surface area is 88.1 Å². The van der Waals surface area contributed by atoms with Crippen molar-refractivity contribution in [2.45, 2.75) is 32.6 Å². The molecule has 0 saturated carbocycles. The zero-order valence-electron chi connectivity index (χ0n) is 8.73. The van der Waals surface area contributed by atoms with Crippen molar-refractivity contribution in [3.05, 3.63) is 0 Å². The molecule has 0 fully saturated rings. The quantitative estimate of drug-likeness (QED) is 0.589. The van der Waals surface area contributed by atoms with Gasteiger partial charge in [-0.1, -0.05) is 6.92 Å². The monoisotopic (exact) mass is 219 g/mol. The Kier molecular flexibility index (Phi) is 11.4. The third-order valence-corrected chi connectivity index (χ3v) is 1.31. The van der Waals surface area contributed by atoms with E-state index in [1.54, 1.807) is 0 Å². The van der Waals surface area contributed by atoms with E-state index in [-0.39, 0.29) is 25.2 Å². The van der Waals surface area contributed by atoms with Crippen molar-refractivity contribution in [2.24, 2.45) is 5.73 Å². The number of hydrogen-bond acceptors (Lipinski definition) is 4. The molecule has 0 amide bonds. The lowest BCUT2D eigenvalue weighted by atomic mass is 10.2. The summed E-state index contributed by atoms with van der Waals surface area (Å²) in [6.45, 7) is 1.78. The third kappa shape index (κ3) is 19.1. The van der Waals surface area contributed by atoms with Crippen LogP contribution in [0, 0.1) is 0 Å². The highest BCUT2D eigenvalue weighted by molar-refractivity contribution is 5.83. The average Bonchev–Trinajstić information content (AvgIpc) is 2.14. The van der Waals surface area contributed by atoms with Crippen molar-refractivity contribution in [3.8, 4) is 0 Å². The van der Waals surface area contributed by atoms with Crippen LogP contribution in [0.3, 0.4) is 0 Å².